The summed E-state index contributed by atoms with van der Waals surface area (Å²) in [6.07, 6.45) is 11.7. The van der Waals surface area contributed by atoms with Gasteiger partial charge in [0.25, 0.3) is 0 Å². The molecule has 8 heteroatoms. The van der Waals surface area contributed by atoms with Crippen molar-refractivity contribution in [3.05, 3.63) is 84.8 Å². The Balaban J connectivity index is 1.38. The molecule has 39 heavy (non-hydrogen) atoms. The van der Waals surface area contributed by atoms with E-state index in [1.807, 2.05) is 41.5 Å². The van der Waals surface area contributed by atoms with Gasteiger partial charge in [0, 0.05) is 59.0 Å². The maximum atomic E-state index is 15.0. The number of fused-ring (bicyclic) bond motifs is 1. The van der Waals surface area contributed by atoms with Crippen LogP contribution in [0.2, 0.25) is 0 Å². The molecule has 0 radical (unpaired) electrons. The maximum absolute atomic E-state index is 15.0. The van der Waals surface area contributed by atoms with Crippen molar-refractivity contribution in [1.82, 2.24) is 29.6 Å². The van der Waals surface area contributed by atoms with Crippen LogP contribution in [0.15, 0.2) is 73.4 Å². The number of rotatable bonds is 7. The van der Waals surface area contributed by atoms with E-state index < -0.39 is 11.5 Å². The van der Waals surface area contributed by atoms with Gasteiger partial charge in [0.1, 0.15) is 11.5 Å². The average molecular weight is 525 g/mol. The number of pyridine rings is 3. The van der Waals surface area contributed by atoms with E-state index in [1.54, 1.807) is 12.4 Å². The lowest BCUT2D eigenvalue weighted by Gasteiger charge is -2.17. The third-order valence-corrected chi connectivity index (χ3v) is 7.37. The first-order chi connectivity index (χ1) is 18.8. The van der Waals surface area contributed by atoms with Gasteiger partial charge >= 0.3 is 0 Å². The highest BCUT2D eigenvalue weighted by molar-refractivity contribution is 5.95. The van der Waals surface area contributed by atoms with Crippen molar-refractivity contribution in [1.29, 1.82) is 0 Å². The van der Waals surface area contributed by atoms with Gasteiger partial charge in [0.2, 0.25) is 0 Å². The Bertz CT molecular complexity index is 1630. The van der Waals surface area contributed by atoms with Gasteiger partial charge in [-0.3, -0.25) is 9.67 Å². The molecule has 6 nitrogen and oxygen atoms in total. The zero-order valence-corrected chi connectivity index (χ0v) is 22.1. The first-order valence-electron chi connectivity index (χ1n) is 13.3. The van der Waals surface area contributed by atoms with Crippen LogP contribution in [-0.4, -0.2) is 49.3 Å². The Morgan fingerprint density at radius 2 is 1.72 bits per heavy atom. The molecule has 0 unspecified atom stereocenters. The van der Waals surface area contributed by atoms with Gasteiger partial charge in [-0.2, -0.15) is 5.10 Å². The predicted molar refractivity (Wildman–Crippen MR) is 149 cm³/mol. The van der Waals surface area contributed by atoms with Crippen LogP contribution in [0.5, 0.6) is 0 Å². The third kappa shape index (κ3) is 5.29. The Hall–Kier alpha value is -4.04. The van der Waals surface area contributed by atoms with E-state index in [4.69, 9.17) is 0 Å². The van der Waals surface area contributed by atoms with E-state index in [-0.39, 0.29) is 5.56 Å². The van der Waals surface area contributed by atoms with Crippen LogP contribution in [0.3, 0.4) is 0 Å². The van der Waals surface area contributed by atoms with Gasteiger partial charge < -0.3 is 4.90 Å². The molecule has 0 N–H and O–H groups in total. The van der Waals surface area contributed by atoms with Gasteiger partial charge in [-0.1, -0.05) is 6.07 Å². The number of hydrogen-bond acceptors (Lipinski definition) is 5. The SMILES string of the molecule is CC(C)(F)c1ccc(F)c(-c2cc(-c3cncc(-c4cnn(CCN5CCCC5)c4)c3)c3cccnc3n2)c1. The van der Waals surface area contributed by atoms with Crippen LogP contribution in [-0.2, 0) is 12.2 Å². The van der Waals surface area contributed by atoms with Crippen molar-refractivity contribution >= 4 is 11.0 Å². The zero-order valence-electron chi connectivity index (χ0n) is 22.1. The van der Waals surface area contributed by atoms with Gasteiger partial charge in [0.05, 0.1) is 18.4 Å². The summed E-state index contributed by atoms with van der Waals surface area (Å²) < 4.78 is 31.7. The summed E-state index contributed by atoms with van der Waals surface area (Å²) in [5, 5.41) is 5.39. The molecule has 0 bridgehead atoms. The summed E-state index contributed by atoms with van der Waals surface area (Å²) in [6, 6.07) is 12.0. The van der Waals surface area contributed by atoms with Crippen molar-refractivity contribution in [3.63, 3.8) is 0 Å². The van der Waals surface area contributed by atoms with Crippen LogP contribution >= 0.6 is 0 Å². The van der Waals surface area contributed by atoms with E-state index in [9.17, 15) is 4.39 Å². The summed E-state index contributed by atoms with van der Waals surface area (Å²) in [5.74, 6) is -0.468. The van der Waals surface area contributed by atoms with Crippen molar-refractivity contribution < 1.29 is 8.78 Å². The number of benzene rings is 1. The van der Waals surface area contributed by atoms with Gasteiger partial charge in [-0.25, -0.2) is 18.7 Å². The largest absolute Gasteiger partial charge is 0.301 e. The fourth-order valence-electron chi connectivity index (χ4n) is 5.16. The molecule has 1 fully saturated rings. The third-order valence-electron chi connectivity index (χ3n) is 7.37. The standard InChI is InChI=1S/C31H30F2N6/c1-31(2,33)24-7-8-28(32)27(15-24)29-16-26(25-6-5-9-35-30(25)37-29)22-14-21(17-34-18-22)23-19-36-39(20-23)13-12-38-10-3-4-11-38/h5-9,14-20H,3-4,10-13H2,1-2H3. The van der Waals surface area contributed by atoms with Gasteiger partial charge in [0.15, 0.2) is 5.65 Å². The minimum atomic E-state index is -1.61. The van der Waals surface area contributed by atoms with Crippen LogP contribution in [0.1, 0.15) is 32.3 Å². The molecular weight excluding hydrogens is 494 g/mol. The number of likely N-dealkylation sites (tertiary alicyclic amines) is 1. The Labute approximate surface area is 226 Å². The molecule has 0 atom stereocenters. The molecule has 0 aliphatic carbocycles. The second kappa shape index (κ2) is 10.3. The number of aromatic nitrogens is 5. The van der Waals surface area contributed by atoms with Crippen molar-refractivity contribution in [2.45, 2.75) is 38.9 Å². The second-order valence-electron chi connectivity index (χ2n) is 10.6. The summed E-state index contributed by atoms with van der Waals surface area (Å²) in [7, 11) is 0. The van der Waals surface area contributed by atoms with Crippen LogP contribution in [0.4, 0.5) is 8.78 Å². The van der Waals surface area contributed by atoms with Crippen molar-refractivity contribution in [2.75, 3.05) is 19.6 Å². The van der Waals surface area contributed by atoms with Gasteiger partial charge in [-0.05, 0) is 87.3 Å². The van der Waals surface area contributed by atoms with Crippen molar-refractivity contribution in [2.24, 2.45) is 0 Å². The second-order valence-corrected chi connectivity index (χ2v) is 10.6. The minimum Gasteiger partial charge on any atom is -0.301 e. The minimum absolute atomic E-state index is 0.232. The number of hydrogen-bond donors (Lipinski definition) is 0. The maximum Gasteiger partial charge on any atom is 0.160 e. The highest BCUT2D eigenvalue weighted by atomic mass is 19.1. The lowest BCUT2D eigenvalue weighted by molar-refractivity contribution is 0.221. The van der Waals surface area contributed by atoms with E-state index in [0.29, 0.717) is 16.9 Å². The first kappa shape index (κ1) is 25.2. The van der Waals surface area contributed by atoms with E-state index in [2.05, 4.69) is 31.0 Å². The zero-order chi connectivity index (χ0) is 27.0. The van der Waals surface area contributed by atoms with E-state index in [0.717, 1.165) is 53.8 Å². The van der Waals surface area contributed by atoms with Crippen molar-refractivity contribution in [3.8, 4) is 33.5 Å². The molecular formula is C31H30F2N6. The van der Waals surface area contributed by atoms with Gasteiger partial charge in [-0.15, -0.1) is 0 Å². The molecule has 0 spiro atoms. The predicted octanol–water partition coefficient (Wildman–Crippen LogP) is 6.66. The Kier molecular flexibility index (Phi) is 6.64. The number of alkyl halides is 1. The monoisotopic (exact) mass is 524 g/mol. The molecule has 1 aliphatic rings. The smallest absolute Gasteiger partial charge is 0.160 e. The normalized spacial score (nSPS) is 14.4. The van der Waals surface area contributed by atoms with Crippen LogP contribution < -0.4 is 0 Å². The molecule has 5 heterocycles. The lowest BCUT2D eigenvalue weighted by atomic mass is 9.95. The fraction of sp³-hybridized carbons (Fsp3) is 0.290. The molecule has 5 aromatic rings. The molecule has 1 aromatic carbocycles. The summed E-state index contributed by atoms with van der Waals surface area (Å²) in [6.45, 7) is 7.08. The summed E-state index contributed by atoms with van der Waals surface area (Å²) in [5.41, 5.74) is 3.45. The first-order valence-corrected chi connectivity index (χ1v) is 13.3. The fourth-order valence-corrected chi connectivity index (χ4v) is 5.16. The Morgan fingerprint density at radius 3 is 2.54 bits per heavy atom. The molecule has 4 aromatic heterocycles. The van der Waals surface area contributed by atoms with Crippen LogP contribution in [0.25, 0.3) is 44.5 Å². The highest BCUT2D eigenvalue weighted by Crippen LogP contribution is 2.35. The highest BCUT2D eigenvalue weighted by Gasteiger charge is 2.22. The molecule has 0 saturated carbocycles. The Morgan fingerprint density at radius 1 is 0.897 bits per heavy atom. The van der Waals surface area contributed by atoms with E-state index >= 15 is 4.39 Å². The van der Waals surface area contributed by atoms with E-state index in [1.165, 1.54) is 44.9 Å². The number of nitrogens with zero attached hydrogens (tertiary/aromatic N) is 6. The molecule has 1 aliphatic heterocycles. The summed E-state index contributed by atoms with van der Waals surface area (Å²) in [4.78, 5) is 16.1. The topological polar surface area (TPSA) is 59.7 Å². The lowest BCUT2D eigenvalue weighted by Crippen LogP contribution is -2.24. The molecule has 6 rings (SSSR count). The molecule has 1 saturated heterocycles. The molecule has 198 valence electrons. The number of halogens is 2. The average Bonchev–Trinajstić information content (AvgIpc) is 3.63. The quantitative estimate of drug-likeness (QED) is 0.238. The molecule has 0 amide bonds. The summed E-state index contributed by atoms with van der Waals surface area (Å²) >= 11 is 0. The van der Waals surface area contributed by atoms with Crippen LogP contribution in [0, 0.1) is 5.82 Å².